The van der Waals surface area contributed by atoms with Crippen LogP contribution in [-0.2, 0) is 16.4 Å². The molecule has 0 aromatic carbocycles. The largest absolute Gasteiger partial charge is 0.396 e. The summed E-state index contributed by atoms with van der Waals surface area (Å²) in [7, 11) is -3.43. The topological polar surface area (TPSA) is 83.6 Å². The number of nitrogens with zero attached hydrogens (tertiary/aromatic N) is 1. The minimum absolute atomic E-state index is 0.0155. The van der Waals surface area contributed by atoms with E-state index < -0.39 is 10.0 Å². The lowest BCUT2D eigenvalue weighted by Crippen LogP contribution is -2.44. The average molecular weight is 318 g/mol. The third-order valence-electron chi connectivity index (χ3n) is 3.61. The van der Waals surface area contributed by atoms with Crippen molar-refractivity contribution in [1.29, 1.82) is 0 Å². The van der Waals surface area contributed by atoms with Gasteiger partial charge in [-0.3, -0.25) is 0 Å². The first-order valence-corrected chi connectivity index (χ1v) is 9.26. The van der Waals surface area contributed by atoms with Gasteiger partial charge in [0.2, 0.25) is 0 Å². The van der Waals surface area contributed by atoms with Crippen LogP contribution in [0.3, 0.4) is 0 Å². The lowest BCUT2D eigenvalue weighted by molar-refractivity contribution is 0.199. The average Bonchev–Trinajstić information content (AvgIpc) is 2.81. The molecule has 2 rings (SSSR count). The van der Waals surface area contributed by atoms with Crippen LogP contribution in [0.2, 0.25) is 0 Å². The predicted octanol–water partition coefficient (Wildman–Crippen LogP) is 1.17. The number of aliphatic hydroxyl groups is 1. The number of nitrogens with two attached hydrogens (primary N) is 1. The summed E-state index contributed by atoms with van der Waals surface area (Å²) in [5.74, 6) is 0. The van der Waals surface area contributed by atoms with Crippen LogP contribution in [0, 0.1) is 0 Å². The third-order valence-corrected chi connectivity index (χ3v) is 7.17. The Kier molecular flexibility index (Phi) is 5.57. The molecule has 1 heterocycles. The molecule has 0 unspecified atom stereocenters. The van der Waals surface area contributed by atoms with Gasteiger partial charge in [-0.1, -0.05) is 6.42 Å². The van der Waals surface area contributed by atoms with Crippen molar-refractivity contribution in [3.05, 3.63) is 17.0 Å². The van der Waals surface area contributed by atoms with Crippen molar-refractivity contribution >= 4 is 21.4 Å². The molecule has 3 N–H and O–H groups in total. The van der Waals surface area contributed by atoms with Gasteiger partial charge >= 0.3 is 0 Å². The van der Waals surface area contributed by atoms with Crippen molar-refractivity contribution in [2.24, 2.45) is 5.73 Å². The van der Waals surface area contributed by atoms with Crippen molar-refractivity contribution in [2.75, 3.05) is 19.7 Å². The van der Waals surface area contributed by atoms with E-state index in [0.29, 0.717) is 30.1 Å². The van der Waals surface area contributed by atoms with Crippen LogP contribution in [0.5, 0.6) is 0 Å². The SMILES string of the molecule is NCCc1ccc(S(=O)(=O)N(CCCO)C2CCC2)s1. The van der Waals surface area contributed by atoms with Crippen molar-refractivity contribution in [3.63, 3.8) is 0 Å². The summed E-state index contributed by atoms with van der Waals surface area (Å²) in [5, 5.41) is 8.97. The van der Waals surface area contributed by atoms with E-state index in [1.54, 1.807) is 10.4 Å². The molecule has 1 aliphatic rings. The van der Waals surface area contributed by atoms with Crippen LogP contribution < -0.4 is 5.73 Å². The smallest absolute Gasteiger partial charge is 0.252 e. The Balaban J connectivity index is 2.19. The van der Waals surface area contributed by atoms with Gasteiger partial charge in [-0.25, -0.2) is 8.42 Å². The molecule has 0 spiro atoms. The Morgan fingerprint density at radius 1 is 1.40 bits per heavy atom. The van der Waals surface area contributed by atoms with Crippen molar-refractivity contribution in [1.82, 2.24) is 4.31 Å². The summed E-state index contributed by atoms with van der Waals surface area (Å²) in [6, 6.07) is 3.62. The van der Waals surface area contributed by atoms with E-state index in [-0.39, 0.29) is 12.6 Å². The zero-order chi connectivity index (χ0) is 14.6. The van der Waals surface area contributed by atoms with Gasteiger partial charge in [0.15, 0.2) is 0 Å². The zero-order valence-corrected chi connectivity index (χ0v) is 13.1. The summed E-state index contributed by atoms with van der Waals surface area (Å²) in [6.07, 6.45) is 4.12. The molecule has 5 nitrogen and oxygen atoms in total. The minimum atomic E-state index is -3.43. The van der Waals surface area contributed by atoms with Gasteiger partial charge in [-0.2, -0.15) is 4.31 Å². The number of rotatable bonds is 8. The van der Waals surface area contributed by atoms with Crippen LogP contribution in [0.4, 0.5) is 0 Å². The van der Waals surface area contributed by atoms with Gasteiger partial charge in [-0.15, -0.1) is 11.3 Å². The van der Waals surface area contributed by atoms with Crippen molar-refractivity contribution < 1.29 is 13.5 Å². The highest BCUT2D eigenvalue weighted by Gasteiger charge is 2.35. The van der Waals surface area contributed by atoms with E-state index in [4.69, 9.17) is 10.8 Å². The Morgan fingerprint density at radius 2 is 2.15 bits per heavy atom. The van der Waals surface area contributed by atoms with E-state index in [9.17, 15) is 8.42 Å². The van der Waals surface area contributed by atoms with Crippen molar-refractivity contribution in [2.45, 2.75) is 42.4 Å². The van der Waals surface area contributed by atoms with E-state index in [2.05, 4.69) is 0 Å². The highest BCUT2D eigenvalue weighted by molar-refractivity contribution is 7.91. The number of sulfonamides is 1. The fraction of sp³-hybridized carbons (Fsp3) is 0.692. The Labute approximate surface area is 124 Å². The van der Waals surface area contributed by atoms with E-state index in [0.717, 1.165) is 24.1 Å². The summed E-state index contributed by atoms with van der Waals surface area (Å²) in [5.41, 5.74) is 5.50. The van der Waals surface area contributed by atoms with E-state index in [1.807, 2.05) is 6.07 Å². The molecule has 0 atom stereocenters. The molecular weight excluding hydrogens is 296 g/mol. The highest BCUT2D eigenvalue weighted by Crippen LogP contribution is 2.32. The fourth-order valence-electron chi connectivity index (χ4n) is 2.29. The van der Waals surface area contributed by atoms with Gasteiger partial charge in [0.25, 0.3) is 10.0 Å². The lowest BCUT2D eigenvalue weighted by atomic mass is 9.93. The van der Waals surface area contributed by atoms with Gasteiger partial charge in [0, 0.05) is 24.1 Å². The van der Waals surface area contributed by atoms with Gasteiger partial charge in [0.05, 0.1) is 0 Å². The molecule has 0 amide bonds. The summed E-state index contributed by atoms with van der Waals surface area (Å²) < 4.78 is 27.4. The second-order valence-corrected chi connectivity index (χ2v) is 8.32. The monoisotopic (exact) mass is 318 g/mol. The zero-order valence-electron chi connectivity index (χ0n) is 11.5. The standard InChI is InChI=1S/C13H22N2O3S2/c14-8-7-12-5-6-13(19-12)20(17,18)15(9-2-10-16)11-3-1-4-11/h5-6,11,16H,1-4,7-10,14H2. The molecule has 1 aliphatic carbocycles. The Bertz CT molecular complexity index is 523. The summed E-state index contributed by atoms with van der Waals surface area (Å²) in [6.45, 7) is 0.937. The Hall–Kier alpha value is -0.470. The minimum Gasteiger partial charge on any atom is -0.396 e. The van der Waals surface area contributed by atoms with Crippen LogP contribution in [0.15, 0.2) is 16.3 Å². The first kappa shape index (κ1) is 15.9. The summed E-state index contributed by atoms with van der Waals surface area (Å²) >= 11 is 1.31. The van der Waals surface area contributed by atoms with Crippen LogP contribution in [0.1, 0.15) is 30.6 Å². The highest BCUT2D eigenvalue weighted by atomic mass is 32.2. The predicted molar refractivity (Wildman–Crippen MR) is 80.3 cm³/mol. The molecule has 1 aromatic heterocycles. The molecule has 1 saturated carbocycles. The van der Waals surface area contributed by atoms with Crippen LogP contribution in [0.25, 0.3) is 0 Å². The molecular formula is C13H22N2O3S2. The van der Waals surface area contributed by atoms with E-state index >= 15 is 0 Å². The fourth-order valence-corrected chi connectivity index (χ4v) is 5.51. The molecule has 0 bridgehead atoms. The quantitative estimate of drug-likeness (QED) is 0.754. The molecule has 0 aliphatic heterocycles. The maximum absolute atomic E-state index is 12.7. The van der Waals surface area contributed by atoms with Gasteiger partial charge < -0.3 is 10.8 Å². The number of hydrogen-bond acceptors (Lipinski definition) is 5. The third kappa shape index (κ3) is 3.40. The van der Waals surface area contributed by atoms with Gasteiger partial charge in [0.1, 0.15) is 4.21 Å². The molecule has 0 radical (unpaired) electrons. The second-order valence-electron chi connectivity index (χ2n) is 5.04. The van der Waals surface area contributed by atoms with Crippen LogP contribution >= 0.6 is 11.3 Å². The maximum atomic E-state index is 12.7. The molecule has 0 saturated heterocycles. The Morgan fingerprint density at radius 3 is 2.70 bits per heavy atom. The normalized spacial score (nSPS) is 16.6. The van der Waals surface area contributed by atoms with E-state index in [1.165, 1.54) is 11.3 Å². The molecule has 20 heavy (non-hydrogen) atoms. The van der Waals surface area contributed by atoms with Gasteiger partial charge in [-0.05, 0) is 44.4 Å². The molecule has 1 aromatic rings. The molecule has 1 fully saturated rings. The number of aliphatic hydroxyl groups excluding tert-OH is 1. The second kappa shape index (κ2) is 7.00. The van der Waals surface area contributed by atoms with Crippen molar-refractivity contribution in [3.8, 4) is 0 Å². The van der Waals surface area contributed by atoms with Crippen LogP contribution in [-0.4, -0.2) is 43.6 Å². The maximum Gasteiger partial charge on any atom is 0.252 e. The lowest BCUT2D eigenvalue weighted by Gasteiger charge is -2.36. The number of thiophene rings is 1. The number of hydrogen-bond donors (Lipinski definition) is 2. The summed E-state index contributed by atoms with van der Waals surface area (Å²) in [4.78, 5) is 1.00. The molecule has 114 valence electrons. The first-order valence-electron chi connectivity index (χ1n) is 7.01. The molecule has 7 heteroatoms. The first-order chi connectivity index (χ1) is 9.59.